The summed E-state index contributed by atoms with van der Waals surface area (Å²) in [5, 5.41) is 11.2. The van der Waals surface area contributed by atoms with Crippen LogP contribution in [0, 0.1) is 0 Å². The fourth-order valence-corrected chi connectivity index (χ4v) is 2.19. The Labute approximate surface area is 115 Å². The third-order valence-corrected chi connectivity index (χ3v) is 3.35. The SMILES string of the molecule is CC(O)(CCCC(F)(F)F)c1ccc2ncccc2c1. The number of benzene rings is 1. The lowest BCUT2D eigenvalue weighted by molar-refractivity contribution is -0.137. The van der Waals surface area contributed by atoms with Crippen molar-refractivity contribution in [3.05, 3.63) is 42.1 Å². The summed E-state index contributed by atoms with van der Waals surface area (Å²) < 4.78 is 36.5. The van der Waals surface area contributed by atoms with Gasteiger partial charge in [0.1, 0.15) is 0 Å². The van der Waals surface area contributed by atoms with Gasteiger partial charge in [-0.05, 0) is 43.5 Å². The summed E-state index contributed by atoms with van der Waals surface area (Å²) in [6, 6.07) is 8.89. The Hall–Kier alpha value is -1.62. The van der Waals surface area contributed by atoms with Gasteiger partial charge in [-0.1, -0.05) is 12.1 Å². The standard InChI is InChI=1S/C15H16F3NO/c1-14(20,7-3-8-15(16,17)18)12-5-6-13-11(10-12)4-2-9-19-13/h2,4-6,9-10,20H,3,7-8H2,1H3. The molecular formula is C15H16F3NO. The van der Waals surface area contributed by atoms with Crippen molar-refractivity contribution in [2.75, 3.05) is 0 Å². The van der Waals surface area contributed by atoms with Crippen molar-refractivity contribution >= 4 is 10.9 Å². The summed E-state index contributed by atoms with van der Waals surface area (Å²) in [5.41, 5.74) is 0.137. The highest BCUT2D eigenvalue weighted by atomic mass is 19.4. The van der Waals surface area contributed by atoms with Crippen molar-refractivity contribution < 1.29 is 18.3 Å². The Balaban J connectivity index is 2.14. The molecule has 0 spiro atoms. The van der Waals surface area contributed by atoms with Gasteiger partial charge >= 0.3 is 6.18 Å². The third kappa shape index (κ3) is 3.70. The van der Waals surface area contributed by atoms with E-state index in [2.05, 4.69) is 4.98 Å². The number of fused-ring (bicyclic) bond motifs is 1. The number of rotatable bonds is 4. The van der Waals surface area contributed by atoms with Crippen LogP contribution in [0.3, 0.4) is 0 Å². The largest absolute Gasteiger partial charge is 0.389 e. The van der Waals surface area contributed by atoms with Crippen LogP contribution in [0.1, 0.15) is 31.7 Å². The first-order valence-electron chi connectivity index (χ1n) is 6.42. The van der Waals surface area contributed by atoms with Crippen LogP contribution in [0.15, 0.2) is 36.5 Å². The normalized spacial score (nSPS) is 15.2. The minimum Gasteiger partial charge on any atom is -0.385 e. The number of nitrogens with zero attached hydrogens (tertiary/aromatic N) is 1. The van der Waals surface area contributed by atoms with Crippen LogP contribution in [0.5, 0.6) is 0 Å². The maximum absolute atomic E-state index is 12.2. The van der Waals surface area contributed by atoms with Crippen molar-refractivity contribution in [3.8, 4) is 0 Å². The van der Waals surface area contributed by atoms with Crippen LogP contribution in [-0.4, -0.2) is 16.3 Å². The lowest BCUT2D eigenvalue weighted by atomic mass is 9.89. The summed E-state index contributed by atoms with van der Waals surface area (Å²) in [5.74, 6) is 0. The summed E-state index contributed by atoms with van der Waals surface area (Å²) in [4.78, 5) is 4.17. The molecule has 0 amide bonds. The first kappa shape index (κ1) is 14.8. The zero-order valence-electron chi connectivity index (χ0n) is 11.1. The Morgan fingerprint density at radius 3 is 2.60 bits per heavy atom. The van der Waals surface area contributed by atoms with Crippen LogP contribution >= 0.6 is 0 Å². The molecule has 0 radical (unpaired) electrons. The second-order valence-electron chi connectivity index (χ2n) is 5.15. The number of hydrogen-bond acceptors (Lipinski definition) is 2. The molecule has 2 rings (SSSR count). The van der Waals surface area contributed by atoms with Crippen LogP contribution in [0.2, 0.25) is 0 Å². The van der Waals surface area contributed by atoms with Crippen molar-refractivity contribution in [2.24, 2.45) is 0 Å². The molecule has 0 saturated carbocycles. The van der Waals surface area contributed by atoms with Gasteiger partial charge < -0.3 is 5.11 Å². The predicted octanol–water partition coefficient (Wildman–Crippen LogP) is 4.17. The van der Waals surface area contributed by atoms with Gasteiger partial charge in [-0.15, -0.1) is 0 Å². The van der Waals surface area contributed by atoms with Gasteiger partial charge in [-0.3, -0.25) is 4.98 Å². The number of alkyl halides is 3. The highest BCUT2D eigenvalue weighted by Gasteiger charge is 2.29. The number of halogens is 3. The summed E-state index contributed by atoms with van der Waals surface area (Å²) in [7, 11) is 0. The zero-order valence-corrected chi connectivity index (χ0v) is 11.1. The van der Waals surface area contributed by atoms with E-state index in [1.54, 1.807) is 37.4 Å². The molecule has 1 aromatic carbocycles. The van der Waals surface area contributed by atoms with Gasteiger partial charge in [0.15, 0.2) is 0 Å². The van der Waals surface area contributed by atoms with E-state index >= 15 is 0 Å². The molecule has 1 aromatic heterocycles. The molecule has 0 bridgehead atoms. The first-order valence-corrected chi connectivity index (χ1v) is 6.42. The van der Waals surface area contributed by atoms with E-state index in [0.29, 0.717) is 5.56 Å². The topological polar surface area (TPSA) is 33.1 Å². The molecule has 0 aliphatic carbocycles. The lowest BCUT2D eigenvalue weighted by Crippen LogP contribution is -2.22. The number of pyridine rings is 1. The fraction of sp³-hybridized carbons (Fsp3) is 0.400. The molecule has 108 valence electrons. The number of hydrogen-bond donors (Lipinski definition) is 1. The van der Waals surface area contributed by atoms with E-state index in [4.69, 9.17) is 0 Å². The van der Waals surface area contributed by atoms with E-state index in [-0.39, 0.29) is 12.8 Å². The van der Waals surface area contributed by atoms with Crippen molar-refractivity contribution in [1.82, 2.24) is 4.98 Å². The first-order chi connectivity index (χ1) is 9.28. The minimum absolute atomic E-state index is 0.0677. The van der Waals surface area contributed by atoms with Gasteiger partial charge in [0.25, 0.3) is 0 Å². The van der Waals surface area contributed by atoms with Gasteiger partial charge in [-0.2, -0.15) is 13.2 Å². The molecule has 1 unspecified atom stereocenters. The summed E-state index contributed by atoms with van der Waals surface area (Å²) in [6.07, 6.45) is -3.41. The molecule has 0 aliphatic heterocycles. The van der Waals surface area contributed by atoms with E-state index in [0.717, 1.165) is 10.9 Å². The van der Waals surface area contributed by atoms with Crippen LogP contribution < -0.4 is 0 Å². The van der Waals surface area contributed by atoms with Gasteiger partial charge in [0.05, 0.1) is 11.1 Å². The van der Waals surface area contributed by atoms with E-state index in [1.165, 1.54) is 0 Å². The average Bonchev–Trinajstić information content (AvgIpc) is 2.36. The Morgan fingerprint density at radius 2 is 1.90 bits per heavy atom. The Kier molecular flexibility index (Phi) is 3.99. The molecule has 1 N–H and O–H groups in total. The lowest BCUT2D eigenvalue weighted by Gasteiger charge is -2.24. The molecule has 1 heterocycles. The molecule has 2 nitrogen and oxygen atoms in total. The second kappa shape index (κ2) is 5.40. The molecule has 1 atom stereocenters. The average molecular weight is 283 g/mol. The summed E-state index contributed by atoms with van der Waals surface area (Å²) in [6.45, 7) is 1.54. The maximum atomic E-state index is 12.2. The quantitative estimate of drug-likeness (QED) is 0.913. The van der Waals surface area contributed by atoms with Gasteiger partial charge in [-0.25, -0.2) is 0 Å². The highest BCUT2D eigenvalue weighted by molar-refractivity contribution is 5.79. The van der Waals surface area contributed by atoms with Crippen molar-refractivity contribution in [1.29, 1.82) is 0 Å². The van der Waals surface area contributed by atoms with E-state index in [1.807, 2.05) is 6.07 Å². The molecule has 0 aliphatic rings. The molecule has 5 heteroatoms. The smallest absolute Gasteiger partial charge is 0.385 e. The molecular weight excluding hydrogens is 267 g/mol. The van der Waals surface area contributed by atoms with Gasteiger partial charge in [0.2, 0.25) is 0 Å². The van der Waals surface area contributed by atoms with Crippen molar-refractivity contribution in [2.45, 2.75) is 38.0 Å². The highest BCUT2D eigenvalue weighted by Crippen LogP contribution is 2.31. The van der Waals surface area contributed by atoms with Crippen LogP contribution in [0.25, 0.3) is 10.9 Å². The number of aromatic nitrogens is 1. The van der Waals surface area contributed by atoms with Crippen LogP contribution in [0.4, 0.5) is 13.2 Å². The Morgan fingerprint density at radius 1 is 1.15 bits per heavy atom. The zero-order chi connectivity index (χ0) is 14.8. The maximum Gasteiger partial charge on any atom is 0.389 e. The van der Waals surface area contributed by atoms with E-state index in [9.17, 15) is 18.3 Å². The molecule has 20 heavy (non-hydrogen) atoms. The second-order valence-corrected chi connectivity index (χ2v) is 5.15. The Bertz CT molecular complexity index is 593. The minimum atomic E-state index is -4.18. The monoisotopic (exact) mass is 283 g/mol. The van der Waals surface area contributed by atoms with Crippen molar-refractivity contribution in [3.63, 3.8) is 0 Å². The molecule has 0 saturated heterocycles. The molecule has 0 fully saturated rings. The van der Waals surface area contributed by atoms with Crippen LogP contribution in [-0.2, 0) is 5.60 Å². The number of aliphatic hydroxyl groups is 1. The van der Waals surface area contributed by atoms with Gasteiger partial charge in [0, 0.05) is 18.0 Å². The fourth-order valence-electron chi connectivity index (χ4n) is 2.19. The molecule has 2 aromatic rings. The van der Waals surface area contributed by atoms with E-state index < -0.39 is 18.2 Å². The summed E-state index contributed by atoms with van der Waals surface area (Å²) >= 11 is 0. The predicted molar refractivity (Wildman–Crippen MR) is 71.2 cm³/mol. The third-order valence-electron chi connectivity index (χ3n) is 3.35.